The molecule has 1 fully saturated rings. The fourth-order valence-corrected chi connectivity index (χ4v) is 2.45. The molecule has 0 aliphatic heterocycles. The molecule has 1 amide bonds. The summed E-state index contributed by atoms with van der Waals surface area (Å²) in [6.45, 7) is 0. The fourth-order valence-electron chi connectivity index (χ4n) is 2.45. The molecular weight excluding hydrogens is 306 g/mol. The molecule has 2 N–H and O–H groups in total. The maximum absolute atomic E-state index is 11.9. The molecule has 1 heterocycles. The molecule has 0 saturated heterocycles. The van der Waals surface area contributed by atoms with E-state index in [-0.39, 0.29) is 17.8 Å². The number of methoxy groups -OCH3 is 1. The molecule has 1 saturated carbocycles. The molecule has 0 radical (unpaired) electrons. The number of anilines is 3. The lowest BCUT2D eigenvalue weighted by Crippen LogP contribution is -2.28. The van der Waals surface area contributed by atoms with E-state index < -0.39 is 0 Å². The van der Waals surface area contributed by atoms with Gasteiger partial charge in [0.05, 0.1) is 24.6 Å². The number of aromatic nitrogens is 1. The highest BCUT2D eigenvalue weighted by molar-refractivity contribution is 5.93. The van der Waals surface area contributed by atoms with Crippen molar-refractivity contribution < 1.29 is 14.3 Å². The highest BCUT2D eigenvalue weighted by atomic mass is 16.5. The second-order valence-corrected chi connectivity index (χ2v) is 5.75. The zero-order valence-electron chi connectivity index (χ0n) is 13.4. The van der Waals surface area contributed by atoms with Crippen LogP contribution in [0.4, 0.5) is 17.2 Å². The van der Waals surface area contributed by atoms with Crippen molar-refractivity contribution in [1.29, 1.82) is 0 Å². The van der Waals surface area contributed by atoms with Gasteiger partial charge in [-0.2, -0.15) is 0 Å². The molecule has 6 nitrogen and oxygen atoms in total. The Balaban J connectivity index is 1.63. The first-order chi connectivity index (χ1) is 11.7. The summed E-state index contributed by atoms with van der Waals surface area (Å²) in [6, 6.07) is 10.6. The zero-order valence-corrected chi connectivity index (χ0v) is 13.4. The lowest BCUT2D eigenvalue weighted by atomic mass is 9.85. The summed E-state index contributed by atoms with van der Waals surface area (Å²) in [5, 5.41) is 5.99. The molecule has 0 unspecified atom stereocenters. The Morgan fingerprint density at radius 1 is 1.17 bits per heavy atom. The average Bonchev–Trinajstić information content (AvgIpc) is 2.54. The van der Waals surface area contributed by atoms with Gasteiger partial charge in [-0.15, -0.1) is 0 Å². The van der Waals surface area contributed by atoms with Crippen LogP contribution in [0.1, 0.15) is 29.6 Å². The third-order valence-electron chi connectivity index (χ3n) is 4.06. The summed E-state index contributed by atoms with van der Waals surface area (Å²) < 4.78 is 4.70. The van der Waals surface area contributed by atoms with Gasteiger partial charge in [0.1, 0.15) is 5.82 Å². The summed E-state index contributed by atoms with van der Waals surface area (Å²) in [5.74, 6) is 0.442. The molecule has 1 aromatic carbocycles. The number of benzene rings is 1. The van der Waals surface area contributed by atoms with E-state index in [2.05, 4.69) is 15.6 Å². The molecular formula is C18H19N3O3. The molecule has 2 aromatic rings. The number of pyridine rings is 1. The van der Waals surface area contributed by atoms with Gasteiger partial charge < -0.3 is 15.4 Å². The van der Waals surface area contributed by atoms with E-state index in [0.717, 1.165) is 24.9 Å². The zero-order chi connectivity index (χ0) is 16.9. The van der Waals surface area contributed by atoms with E-state index >= 15 is 0 Å². The maximum atomic E-state index is 11.9. The Kier molecular flexibility index (Phi) is 4.74. The minimum Gasteiger partial charge on any atom is -0.465 e. The molecule has 1 aliphatic rings. The number of carbonyl (C=O) groups excluding carboxylic acids is 2. The highest BCUT2D eigenvalue weighted by Gasteiger charge is 2.25. The van der Waals surface area contributed by atoms with E-state index in [0.29, 0.717) is 17.1 Å². The van der Waals surface area contributed by atoms with Gasteiger partial charge in [0.2, 0.25) is 5.91 Å². The van der Waals surface area contributed by atoms with Gasteiger partial charge in [0.15, 0.2) is 0 Å². The Morgan fingerprint density at radius 3 is 2.62 bits per heavy atom. The number of rotatable bonds is 5. The minimum atomic E-state index is -0.388. The second-order valence-electron chi connectivity index (χ2n) is 5.75. The molecule has 0 atom stereocenters. The Hall–Kier alpha value is -2.89. The SMILES string of the molecule is COC(=O)c1cccc(Nc2ccc(NC(=O)C3CCC3)cn2)c1. The Labute approximate surface area is 140 Å². The van der Waals surface area contributed by atoms with Gasteiger partial charge in [-0.1, -0.05) is 12.5 Å². The van der Waals surface area contributed by atoms with Crippen LogP contribution in [0.15, 0.2) is 42.6 Å². The van der Waals surface area contributed by atoms with Crippen molar-refractivity contribution in [2.75, 3.05) is 17.7 Å². The molecule has 0 spiro atoms. The van der Waals surface area contributed by atoms with E-state index in [1.807, 2.05) is 6.07 Å². The second kappa shape index (κ2) is 7.12. The number of hydrogen-bond acceptors (Lipinski definition) is 5. The molecule has 24 heavy (non-hydrogen) atoms. The van der Waals surface area contributed by atoms with Crippen LogP contribution >= 0.6 is 0 Å². The molecule has 0 bridgehead atoms. The Morgan fingerprint density at radius 2 is 2.00 bits per heavy atom. The first-order valence-electron chi connectivity index (χ1n) is 7.88. The van der Waals surface area contributed by atoms with Crippen molar-refractivity contribution in [2.45, 2.75) is 19.3 Å². The lowest BCUT2D eigenvalue weighted by molar-refractivity contribution is -0.122. The van der Waals surface area contributed by atoms with E-state index in [1.165, 1.54) is 7.11 Å². The normalized spacial score (nSPS) is 13.7. The quantitative estimate of drug-likeness (QED) is 0.824. The monoisotopic (exact) mass is 325 g/mol. The van der Waals surface area contributed by atoms with Crippen LogP contribution in [0.25, 0.3) is 0 Å². The third kappa shape index (κ3) is 3.71. The van der Waals surface area contributed by atoms with Gasteiger partial charge in [-0.25, -0.2) is 9.78 Å². The number of esters is 1. The minimum absolute atomic E-state index is 0.0644. The van der Waals surface area contributed by atoms with Crippen molar-refractivity contribution >= 4 is 29.1 Å². The van der Waals surface area contributed by atoms with Crippen molar-refractivity contribution in [1.82, 2.24) is 4.98 Å². The number of nitrogens with zero attached hydrogens (tertiary/aromatic N) is 1. The maximum Gasteiger partial charge on any atom is 0.337 e. The fraction of sp³-hybridized carbons (Fsp3) is 0.278. The van der Waals surface area contributed by atoms with Crippen LogP contribution in [-0.4, -0.2) is 24.0 Å². The van der Waals surface area contributed by atoms with Gasteiger partial charge >= 0.3 is 5.97 Å². The summed E-state index contributed by atoms with van der Waals surface area (Å²) >= 11 is 0. The summed E-state index contributed by atoms with van der Waals surface area (Å²) in [5.41, 5.74) is 1.88. The van der Waals surface area contributed by atoms with Gasteiger partial charge in [-0.3, -0.25) is 4.79 Å². The molecule has 1 aromatic heterocycles. The molecule has 1 aliphatic carbocycles. The van der Waals surface area contributed by atoms with E-state index in [9.17, 15) is 9.59 Å². The smallest absolute Gasteiger partial charge is 0.337 e. The lowest BCUT2D eigenvalue weighted by Gasteiger charge is -2.23. The van der Waals surface area contributed by atoms with Crippen molar-refractivity contribution in [2.24, 2.45) is 5.92 Å². The van der Waals surface area contributed by atoms with Crippen LogP contribution in [0.2, 0.25) is 0 Å². The molecule has 124 valence electrons. The average molecular weight is 325 g/mol. The number of ether oxygens (including phenoxy) is 1. The first kappa shape index (κ1) is 16.0. The number of amides is 1. The summed E-state index contributed by atoms with van der Waals surface area (Å²) in [7, 11) is 1.35. The predicted octanol–water partition coefficient (Wildman–Crippen LogP) is 3.35. The van der Waals surface area contributed by atoms with Crippen molar-refractivity contribution in [3.8, 4) is 0 Å². The topological polar surface area (TPSA) is 80.3 Å². The third-order valence-corrected chi connectivity index (χ3v) is 4.06. The largest absolute Gasteiger partial charge is 0.465 e. The standard InChI is InChI=1S/C18H19N3O3/c1-24-18(23)13-6-3-7-14(10-13)20-16-9-8-15(11-19-16)21-17(22)12-4-2-5-12/h3,6-12H,2,4-5H2,1H3,(H,19,20)(H,21,22). The van der Waals surface area contributed by atoms with Crippen LogP contribution in [0, 0.1) is 5.92 Å². The van der Waals surface area contributed by atoms with Crippen LogP contribution in [-0.2, 0) is 9.53 Å². The van der Waals surface area contributed by atoms with Crippen LogP contribution < -0.4 is 10.6 Å². The van der Waals surface area contributed by atoms with Gasteiger partial charge in [0.25, 0.3) is 0 Å². The van der Waals surface area contributed by atoms with Crippen molar-refractivity contribution in [3.63, 3.8) is 0 Å². The number of nitrogens with one attached hydrogen (secondary N) is 2. The first-order valence-corrected chi connectivity index (χ1v) is 7.88. The molecule has 3 rings (SSSR count). The molecule has 6 heteroatoms. The summed E-state index contributed by atoms with van der Waals surface area (Å²) in [6.07, 6.45) is 4.68. The van der Waals surface area contributed by atoms with Crippen LogP contribution in [0.5, 0.6) is 0 Å². The van der Waals surface area contributed by atoms with Gasteiger partial charge in [-0.05, 0) is 43.2 Å². The number of carbonyl (C=O) groups is 2. The summed E-state index contributed by atoms with van der Waals surface area (Å²) in [4.78, 5) is 27.7. The van der Waals surface area contributed by atoms with E-state index in [4.69, 9.17) is 4.74 Å². The van der Waals surface area contributed by atoms with Gasteiger partial charge in [0, 0.05) is 11.6 Å². The van der Waals surface area contributed by atoms with Crippen molar-refractivity contribution in [3.05, 3.63) is 48.2 Å². The number of hydrogen-bond donors (Lipinski definition) is 2. The predicted molar refractivity (Wildman–Crippen MR) is 91.3 cm³/mol. The Bertz CT molecular complexity index is 739. The van der Waals surface area contributed by atoms with E-state index in [1.54, 1.807) is 36.5 Å². The highest BCUT2D eigenvalue weighted by Crippen LogP contribution is 2.27. The van der Waals surface area contributed by atoms with Crippen LogP contribution in [0.3, 0.4) is 0 Å².